The highest BCUT2D eigenvalue weighted by Crippen LogP contribution is 2.35. The van der Waals surface area contributed by atoms with Crippen LogP contribution in [0.2, 0.25) is 0 Å². The number of hydrogen-bond acceptors (Lipinski definition) is 5. The first-order chi connectivity index (χ1) is 13.6. The van der Waals surface area contributed by atoms with Gasteiger partial charge in [0, 0.05) is 17.5 Å². The van der Waals surface area contributed by atoms with Crippen LogP contribution in [0.25, 0.3) is 10.2 Å². The van der Waals surface area contributed by atoms with Crippen molar-refractivity contribution in [3.63, 3.8) is 0 Å². The third-order valence-electron chi connectivity index (χ3n) is 6.10. The number of piperidine rings is 1. The first-order valence-electron chi connectivity index (χ1n) is 10.5. The number of thiophene rings is 1. The average Bonchev–Trinajstić information content (AvgIpc) is 3.05. The quantitative estimate of drug-likeness (QED) is 0.791. The number of likely N-dealkylation sites (tertiary alicyclic amines) is 1. The van der Waals surface area contributed by atoms with E-state index in [9.17, 15) is 9.59 Å². The molecule has 1 N–H and O–H groups in total. The van der Waals surface area contributed by atoms with E-state index in [2.05, 4.69) is 23.7 Å². The van der Waals surface area contributed by atoms with Gasteiger partial charge in [0.1, 0.15) is 10.7 Å². The van der Waals surface area contributed by atoms with Crippen molar-refractivity contribution >= 4 is 39.2 Å². The van der Waals surface area contributed by atoms with E-state index in [0.717, 1.165) is 55.3 Å². The van der Waals surface area contributed by atoms with Gasteiger partial charge in [-0.05, 0) is 56.4 Å². The molecule has 3 heterocycles. The highest BCUT2D eigenvalue weighted by atomic mass is 32.2. The molecular weight excluding hydrogens is 390 g/mol. The van der Waals surface area contributed by atoms with Gasteiger partial charge in [0.05, 0.1) is 16.9 Å². The molecule has 0 unspecified atom stereocenters. The van der Waals surface area contributed by atoms with Crippen molar-refractivity contribution in [3.05, 3.63) is 26.6 Å². The number of H-pyrrole nitrogens is 1. The van der Waals surface area contributed by atoms with E-state index in [-0.39, 0.29) is 11.5 Å². The molecule has 0 saturated carbocycles. The smallest absolute Gasteiger partial charge is 0.259 e. The molecule has 5 nitrogen and oxygen atoms in total. The van der Waals surface area contributed by atoms with Gasteiger partial charge in [0.15, 0.2) is 0 Å². The summed E-state index contributed by atoms with van der Waals surface area (Å²) < 4.78 is 0. The Morgan fingerprint density at radius 1 is 1.36 bits per heavy atom. The second-order valence-corrected chi connectivity index (χ2v) is 10.3. The van der Waals surface area contributed by atoms with E-state index in [4.69, 9.17) is 4.98 Å². The molecule has 0 bridgehead atoms. The molecule has 1 saturated heterocycles. The van der Waals surface area contributed by atoms with Crippen LogP contribution in [0.5, 0.6) is 0 Å². The van der Waals surface area contributed by atoms with Crippen molar-refractivity contribution in [1.82, 2.24) is 14.9 Å². The standard InChI is InChI=1S/C21H29N3O2S2/c1-3-14-6-4-5-9-24(14)18(25)12-27-11-17-22-20(26)19-15-8-7-13(2)10-16(15)28-21(19)23-17/h13-14H,3-12H2,1-2H3,(H,22,23,26)/t13-,14-/m1/s1. The van der Waals surface area contributed by atoms with E-state index in [1.807, 2.05) is 0 Å². The molecule has 1 aliphatic heterocycles. The van der Waals surface area contributed by atoms with Gasteiger partial charge in [-0.3, -0.25) is 9.59 Å². The number of aromatic nitrogens is 2. The van der Waals surface area contributed by atoms with E-state index in [1.165, 1.54) is 16.9 Å². The normalized spacial score (nSPS) is 22.4. The first kappa shape index (κ1) is 20.0. The number of fused-ring (bicyclic) bond motifs is 3. The van der Waals surface area contributed by atoms with Crippen LogP contribution >= 0.6 is 23.1 Å². The van der Waals surface area contributed by atoms with Crippen LogP contribution < -0.4 is 5.56 Å². The lowest BCUT2D eigenvalue weighted by Gasteiger charge is -2.35. The van der Waals surface area contributed by atoms with Crippen LogP contribution in [0, 0.1) is 5.92 Å². The van der Waals surface area contributed by atoms with Gasteiger partial charge in [-0.2, -0.15) is 0 Å². The molecule has 1 aliphatic carbocycles. The molecule has 4 rings (SSSR count). The van der Waals surface area contributed by atoms with Gasteiger partial charge in [0.25, 0.3) is 5.56 Å². The lowest BCUT2D eigenvalue weighted by atomic mass is 9.89. The molecule has 2 aromatic rings. The van der Waals surface area contributed by atoms with Crippen molar-refractivity contribution in [2.75, 3.05) is 12.3 Å². The van der Waals surface area contributed by atoms with Gasteiger partial charge < -0.3 is 9.88 Å². The fraction of sp³-hybridized carbons (Fsp3) is 0.667. The zero-order valence-corrected chi connectivity index (χ0v) is 18.4. The third-order valence-corrected chi connectivity index (χ3v) is 8.17. The molecule has 1 fully saturated rings. The predicted molar refractivity (Wildman–Crippen MR) is 117 cm³/mol. The second kappa shape index (κ2) is 8.57. The van der Waals surface area contributed by atoms with Crippen LogP contribution in [-0.2, 0) is 23.4 Å². The van der Waals surface area contributed by atoms with Gasteiger partial charge in [-0.1, -0.05) is 13.8 Å². The Bertz CT molecular complexity index is 920. The van der Waals surface area contributed by atoms with E-state index in [1.54, 1.807) is 23.1 Å². The maximum Gasteiger partial charge on any atom is 0.259 e. The van der Waals surface area contributed by atoms with E-state index in [0.29, 0.717) is 29.3 Å². The molecule has 2 aromatic heterocycles. The van der Waals surface area contributed by atoms with Crippen molar-refractivity contribution in [1.29, 1.82) is 0 Å². The Labute approximate surface area is 174 Å². The molecule has 28 heavy (non-hydrogen) atoms. The molecule has 0 radical (unpaired) electrons. The van der Waals surface area contributed by atoms with Crippen molar-refractivity contribution in [3.8, 4) is 0 Å². The molecule has 0 spiro atoms. The minimum absolute atomic E-state index is 0.0129. The number of nitrogens with zero attached hydrogens (tertiary/aromatic N) is 2. The van der Waals surface area contributed by atoms with Gasteiger partial charge in [0.2, 0.25) is 5.91 Å². The van der Waals surface area contributed by atoms with Crippen LogP contribution in [-0.4, -0.2) is 39.1 Å². The fourth-order valence-corrected chi connectivity index (χ4v) is 6.71. The summed E-state index contributed by atoms with van der Waals surface area (Å²) in [4.78, 5) is 37.2. The lowest BCUT2D eigenvalue weighted by molar-refractivity contribution is -0.132. The summed E-state index contributed by atoms with van der Waals surface area (Å²) in [6.07, 6.45) is 7.68. The summed E-state index contributed by atoms with van der Waals surface area (Å²) in [5.41, 5.74) is 1.21. The zero-order valence-electron chi connectivity index (χ0n) is 16.8. The summed E-state index contributed by atoms with van der Waals surface area (Å²) >= 11 is 3.24. The Balaban J connectivity index is 1.42. The number of rotatable bonds is 5. The van der Waals surface area contributed by atoms with E-state index < -0.39 is 0 Å². The Hall–Kier alpha value is -1.34. The minimum atomic E-state index is -0.0129. The Morgan fingerprint density at radius 3 is 3.04 bits per heavy atom. The molecule has 0 aromatic carbocycles. The largest absolute Gasteiger partial charge is 0.339 e. The van der Waals surface area contributed by atoms with Crippen LogP contribution in [0.4, 0.5) is 0 Å². The Kier molecular flexibility index (Phi) is 6.11. The maximum atomic E-state index is 12.7. The molecule has 2 atom stereocenters. The predicted octanol–water partition coefficient (Wildman–Crippen LogP) is 4.13. The highest BCUT2D eigenvalue weighted by Gasteiger charge is 2.25. The SMILES string of the molecule is CC[C@@H]1CCCCN1C(=O)CSCc1nc2sc3c(c2c(=O)[nH]1)CC[C@@H](C)C3. The summed E-state index contributed by atoms with van der Waals surface area (Å²) in [6, 6.07) is 0.399. The fourth-order valence-electron chi connectivity index (χ4n) is 4.53. The third kappa shape index (κ3) is 4.01. The maximum absolute atomic E-state index is 12.7. The number of hydrogen-bond donors (Lipinski definition) is 1. The highest BCUT2D eigenvalue weighted by molar-refractivity contribution is 7.99. The number of nitrogens with one attached hydrogen (secondary N) is 1. The molecular formula is C21H29N3O2S2. The van der Waals surface area contributed by atoms with Crippen molar-refractivity contribution in [2.24, 2.45) is 5.92 Å². The average molecular weight is 420 g/mol. The number of carbonyl (C=O) groups is 1. The van der Waals surface area contributed by atoms with Crippen molar-refractivity contribution < 1.29 is 4.79 Å². The Morgan fingerprint density at radius 2 is 2.21 bits per heavy atom. The summed E-state index contributed by atoms with van der Waals surface area (Å²) in [5.74, 6) is 2.62. The monoisotopic (exact) mass is 419 g/mol. The van der Waals surface area contributed by atoms with E-state index >= 15 is 0 Å². The van der Waals surface area contributed by atoms with Crippen LogP contribution in [0.15, 0.2) is 4.79 Å². The lowest BCUT2D eigenvalue weighted by Crippen LogP contribution is -2.44. The minimum Gasteiger partial charge on any atom is -0.339 e. The van der Waals surface area contributed by atoms with Crippen LogP contribution in [0.3, 0.4) is 0 Å². The van der Waals surface area contributed by atoms with Gasteiger partial charge in [-0.15, -0.1) is 23.1 Å². The summed E-state index contributed by atoms with van der Waals surface area (Å²) in [5, 5.41) is 0.802. The van der Waals surface area contributed by atoms with Crippen molar-refractivity contribution in [2.45, 2.75) is 70.6 Å². The number of amides is 1. The molecule has 1 amide bonds. The van der Waals surface area contributed by atoms with Gasteiger partial charge >= 0.3 is 0 Å². The molecule has 2 aliphatic rings. The number of aryl methyl sites for hydroxylation is 1. The summed E-state index contributed by atoms with van der Waals surface area (Å²) in [7, 11) is 0. The van der Waals surface area contributed by atoms with Gasteiger partial charge in [-0.25, -0.2) is 4.98 Å². The topological polar surface area (TPSA) is 66.1 Å². The number of aromatic amines is 1. The second-order valence-electron chi connectivity index (χ2n) is 8.18. The zero-order chi connectivity index (χ0) is 19.7. The summed E-state index contributed by atoms with van der Waals surface area (Å²) in [6.45, 7) is 5.32. The molecule has 7 heteroatoms. The molecule has 152 valence electrons. The first-order valence-corrected chi connectivity index (χ1v) is 12.4. The number of carbonyl (C=O) groups excluding carboxylic acids is 1. The van der Waals surface area contributed by atoms with Crippen LogP contribution in [0.1, 0.15) is 62.2 Å². The number of thioether (sulfide) groups is 1.